The topological polar surface area (TPSA) is 53.0 Å². The van der Waals surface area contributed by atoms with Gasteiger partial charge in [-0.2, -0.15) is 5.26 Å². The molecule has 0 amide bonds. The van der Waals surface area contributed by atoms with Crippen LogP contribution in [0.1, 0.15) is 11.1 Å². The maximum atomic E-state index is 9.21. The lowest BCUT2D eigenvalue weighted by atomic mass is 10.1. The summed E-state index contributed by atoms with van der Waals surface area (Å²) in [6.45, 7) is 1.67. The minimum absolute atomic E-state index is 0.494. The maximum Gasteiger partial charge on any atom is 0.0995 e. The van der Waals surface area contributed by atoms with Crippen LogP contribution < -0.4 is 10.6 Å². The summed E-state index contributed by atoms with van der Waals surface area (Å²) in [5, 5.41) is 10.5. The summed E-state index contributed by atoms with van der Waals surface area (Å²) in [5.74, 6) is 0. The van der Waals surface area contributed by atoms with Crippen LogP contribution in [-0.2, 0) is 6.54 Å². The van der Waals surface area contributed by atoms with Gasteiger partial charge in [0, 0.05) is 24.7 Å². The van der Waals surface area contributed by atoms with Crippen molar-refractivity contribution >= 4 is 28.9 Å². The lowest BCUT2D eigenvalue weighted by Crippen LogP contribution is -2.29. The number of nitrogens with zero attached hydrogens (tertiary/aromatic N) is 2. The van der Waals surface area contributed by atoms with Crippen molar-refractivity contribution in [3.05, 3.63) is 63.6 Å². The second-order valence-electron chi connectivity index (χ2n) is 4.57. The predicted molar refractivity (Wildman–Crippen MR) is 87.7 cm³/mol. The van der Waals surface area contributed by atoms with Gasteiger partial charge in [0.2, 0.25) is 0 Å². The van der Waals surface area contributed by atoms with E-state index in [1.165, 1.54) is 0 Å². The SMILES string of the molecule is N#Cc1ccc(Cl)cc1CN(CCN)c1ccccc1Cl. The fourth-order valence-corrected chi connectivity index (χ4v) is 2.61. The molecule has 0 saturated carbocycles. The number of nitriles is 1. The van der Waals surface area contributed by atoms with Crippen LogP contribution in [0, 0.1) is 11.3 Å². The van der Waals surface area contributed by atoms with Gasteiger partial charge in [-0.1, -0.05) is 35.3 Å². The second kappa shape index (κ2) is 7.33. The van der Waals surface area contributed by atoms with Crippen LogP contribution in [0.5, 0.6) is 0 Å². The first-order chi connectivity index (χ1) is 10.2. The zero-order chi connectivity index (χ0) is 15.2. The third-order valence-corrected chi connectivity index (χ3v) is 3.70. The zero-order valence-corrected chi connectivity index (χ0v) is 12.9. The van der Waals surface area contributed by atoms with Gasteiger partial charge in [0.15, 0.2) is 0 Å². The summed E-state index contributed by atoms with van der Waals surface area (Å²) in [6, 6.07) is 15.0. The number of rotatable bonds is 5. The standard InChI is InChI=1S/C16H15Cl2N3/c17-14-6-5-12(10-20)13(9-14)11-21(8-7-19)16-4-2-1-3-15(16)18/h1-6,9H,7-8,11,19H2. The van der Waals surface area contributed by atoms with Gasteiger partial charge in [0.05, 0.1) is 22.3 Å². The first-order valence-corrected chi connectivity index (χ1v) is 7.29. The Labute approximate surface area is 134 Å². The Kier molecular flexibility index (Phi) is 5.46. The molecular formula is C16H15Cl2N3. The van der Waals surface area contributed by atoms with Crippen molar-refractivity contribution < 1.29 is 0 Å². The molecule has 0 atom stereocenters. The van der Waals surface area contributed by atoms with Crippen molar-refractivity contribution in [3.63, 3.8) is 0 Å². The van der Waals surface area contributed by atoms with Gasteiger partial charge in [0.1, 0.15) is 0 Å². The van der Waals surface area contributed by atoms with E-state index in [9.17, 15) is 5.26 Å². The number of hydrogen-bond donors (Lipinski definition) is 1. The highest BCUT2D eigenvalue weighted by Crippen LogP contribution is 2.27. The van der Waals surface area contributed by atoms with E-state index < -0.39 is 0 Å². The Morgan fingerprint density at radius 3 is 2.57 bits per heavy atom. The lowest BCUT2D eigenvalue weighted by molar-refractivity contribution is 0.789. The summed E-state index contributed by atoms with van der Waals surface area (Å²) in [4.78, 5) is 2.05. The summed E-state index contributed by atoms with van der Waals surface area (Å²) >= 11 is 12.3. The predicted octanol–water partition coefficient (Wildman–Crippen LogP) is 3.83. The average Bonchev–Trinajstić information content (AvgIpc) is 2.48. The van der Waals surface area contributed by atoms with Crippen molar-refractivity contribution in [2.45, 2.75) is 6.54 Å². The molecule has 0 radical (unpaired) electrons. The Morgan fingerprint density at radius 2 is 1.90 bits per heavy atom. The molecule has 0 fully saturated rings. The Balaban J connectivity index is 2.35. The van der Waals surface area contributed by atoms with E-state index in [0.29, 0.717) is 35.2 Å². The average molecular weight is 320 g/mol. The second-order valence-corrected chi connectivity index (χ2v) is 5.42. The van der Waals surface area contributed by atoms with Crippen molar-refractivity contribution in [1.82, 2.24) is 0 Å². The van der Waals surface area contributed by atoms with Gasteiger partial charge in [0.25, 0.3) is 0 Å². The van der Waals surface area contributed by atoms with Gasteiger partial charge in [-0.25, -0.2) is 0 Å². The normalized spacial score (nSPS) is 10.2. The van der Waals surface area contributed by atoms with Gasteiger partial charge in [-0.05, 0) is 35.9 Å². The molecule has 21 heavy (non-hydrogen) atoms. The van der Waals surface area contributed by atoms with E-state index in [2.05, 4.69) is 11.0 Å². The highest BCUT2D eigenvalue weighted by atomic mass is 35.5. The molecular weight excluding hydrogens is 305 g/mol. The minimum Gasteiger partial charge on any atom is -0.365 e. The van der Waals surface area contributed by atoms with E-state index in [1.807, 2.05) is 24.3 Å². The third kappa shape index (κ3) is 3.89. The molecule has 0 heterocycles. The Hall–Kier alpha value is -1.73. The van der Waals surface area contributed by atoms with E-state index in [-0.39, 0.29) is 0 Å². The van der Waals surface area contributed by atoms with Gasteiger partial charge in [-0.15, -0.1) is 0 Å². The number of anilines is 1. The number of halogens is 2. The van der Waals surface area contributed by atoms with Crippen molar-refractivity contribution in [1.29, 1.82) is 5.26 Å². The van der Waals surface area contributed by atoms with E-state index in [0.717, 1.165) is 11.3 Å². The highest BCUT2D eigenvalue weighted by Gasteiger charge is 2.12. The molecule has 0 aliphatic rings. The molecule has 2 rings (SSSR count). The van der Waals surface area contributed by atoms with Crippen LogP contribution in [-0.4, -0.2) is 13.1 Å². The highest BCUT2D eigenvalue weighted by molar-refractivity contribution is 6.33. The minimum atomic E-state index is 0.494. The largest absolute Gasteiger partial charge is 0.365 e. The van der Waals surface area contributed by atoms with Crippen LogP contribution in [0.15, 0.2) is 42.5 Å². The van der Waals surface area contributed by atoms with E-state index in [1.54, 1.807) is 18.2 Å². The van der Waals surface area contributed by atoms with Crippen LogP contribution in [0.25, 0.3) is 0 Å². The first-order valence-electron chi connectivity index (χ1n) is 6.53. The Bertz CT molecular complexity index is 665. The van der Waals surface area contributed by atoms with Crippen LogP contribution in [0.2, 0.25) is 10.0 Å². The lowest BCUT2D eigenvalue weighted by Gasteiger charge is -2.25. The van der Waals surface area contributed by atoms with Gasteiger partial charge < -0.3 is 10.6 Å². The van der Waals surface area contributed by atoms with Crippen molar-refractivity contribution in [2.24, 2.45) is 5.73 Å². The maximum absolute atomic E-state index is 9.21. The molecule has 0 aliphatic heterocycles. The molecule has 0 aliphatic carbocycles. The smallest absolute Gasteiger partial charge is 0.0995 e. The van der Waals surface area contributed by atoms with Gasteiger partial charge in [-0.3, -0.25) is 0 Å². The van der Waals surface area contributed by atoms with Crippen molar-refractivity contribution in [3.8, 4) is 6.07 Å². The molecule has 108 valence electrons. The first kappa shape index (κ1) is 15.7. The van der Waals surface area contributed by atoms with Crippen LogP contribution in [0.4, 0.5) is 5.69 Å². The fraction of sp³-hybridized carbons (Fsp3) is 0.188. The molecule has 0 spiro atoms. The summed E-state index contributed by atoms with van der Waals surface area (Å²) in [6.07, 6.45) is 0. The van der Waals surface area contributed by atoms with Crippen LogP contribution >= 0.6 is 23.2 Å². The monoisotopic (exact) mass is 319 g/mol. The van der Waals surface area contributed by atoms with E-state index in [4.69, 9.17) is 28.9 Å². The molecule has 2 aromatic carbocycles. The molecule has 0 unspecified atom stereocenters. The molecule has 0 saturated heterocycles. The summed E-state index contributed by atoms with van der Waals surface area (Å²) in [7, 11) is 0. The molecule has 0 bridgehead atoms. The molecule has 2 aromatic rings. The molecule has 0 aromatic heterocycles. The third-order valence-electron chi connectivity index (χ3n) is 3.14. The number of nitrogens with two attached hydrogens (primary N) is 1. The number of benzene rings is 2. The number of para-hydroxylation sites is 1. The quantitative estimate of drug-likeness (QED) is 0.911. The fourth-order valence-electron chi connectivity index (χ4n) is 2.16. The zero-order valence-electron chi connectivity index (χ0n) is 11.4. The van der Waals surface area contributed by atoms with Crippen LogP contribution in [0.3, 0.4) is 0 Å². The molecule has 3 nitrogen and oxygen atoms in total. The number of hydrogen-bond acceptors (Lipinski definition) is 3. The van der Waals surface area contributed by atoms with Gasteiger partial charge >= 0.3 is 0 Å². The molecule has 2 N–H and O–H groups in total. The Morgan fingerprint density at radius 1 is 1.14 bits per heavy atom. The summed E-state index contributed by atoms with van der Waals surface area (Å²) in [5.41, 5.74) is 8.06. The summed E-state index contributed by atoms with van der Waals surface area (Å²) < 4.78 is 0. The van der Waals surface area contributed by atoms with E-state index >= 15 is 0 Å². The molecule has 5 heteroatoms. The van der Waals surface area contributed by atoms with Crippen molar-refractivity contribution in [2.75, 3.05) is 18.0 Å².